The van der Waals surface area contributed by atoms with E-state index in [2.05, 4.69) is 20.3 Å². The molecule has 0 unspecified atom stereocenters. The van der Waals surface area contributed by atoms with E-state index in [0.717, 1.165) is 19.3 Å². The molecule has 1 N–H and O–H groups in total. The van der Waals surface area contributed by atoms with Gasteiger partial charge in [-0.2, -0.15) is 0 Å². The van der Waals surface area contributed by atoms with E-state index in [1.807, 2.05) is 0 Å². The van der Waals surface area contributed by atoms with Gasteiger partial charge in [0.1, 0.15) is 6.33 Å². The van der Waals surface area contributed by atoms with Gasteiger partial charge in [-0.1, -0.05) is 23.2 Å². The quantitative estimate of drug-likeness (QED) is 0.814. The van der Waals surface area contributed by atoms with E-state index in [1.165, 1.54) is 6.33 Å². The molecular weight excluding hydrogens is 242 g/mol. The summed E-state index contributed by atoms with van der Waals surface area (Å²) >= 11 is 5.93. The highest BCUT2D eigenvalue weighted by atomic mass is 35.5. The molecule has 6 nitrogen and oxygen atoms in total. The van der Waals surface area contributed by atoms with Crippen molar-refractivity contribution in [2.45, 2.75) is 25.3 Å². The first-order chi connectivity index (χ1) is 8.31. The molecule has 0 radical (unpaired) electrons. The Morgan fingerprint density at radius 3 is 3.12 bits per heavy atom. The molecule has 0 spiro atoms. The lowest BCUT2D eigenvalue weighted by Gasteiger charge is -2.17. The molecule has 0 saturated heterocycles. The van der Waals surface area contributed by atoms with Gasteiger partial charge in [0.25, 0.3) is 0 Å². The predicted octanol–water partition coefficient (Wildman–Crippen LogP) is 1.21. The molecule has 0 aliphatic heterocycles. The first-order valence-corrected chi connectivity index (χ1v) is 6.01. The summed E-state index contributed by atoms with van der Waals surface area (Å²) in [4.78, 5) is 8.05. The topological polar surface area (TPSA) is 76.7 Å². The van der Waals surface area contributed by atoms with Crippen molar-refractivity contribution in [3.63, 3.8) is 0 Å². The zero-order valence-electron chi connectivity index (χ0n) is 9.12. The summed E-state index contributed by atoms with van der Waals surface area (Å²) < 4.78 is 1.77. The molecule has 2 atom stereocenters. The molecule has 0 amide bonds. The van der Waals surface area contributed by atoms with Crippen LogP contribution in [0.25, 0.3) is 11.2 Å². The Morgan fingerprint density at radius 1 is 1.41 bits per heavy atom. The normalized spacial score (nSPS) is 24.6. The van der Waals surface area contributed by atoms with Crippen molar-refractivity contribution in [3.8, 4) is 0 Å². The molecule has 7 heteroatoms. The Hall–Kier alpha value is -1.27. The number of rotatable bonds is 2. The first-order valence-electron chi connectivity index (χ1n) is 5.63. The average molecular weight is 254 g/mol. The van der Waals surface area contributed by atoms with Crippen molar-refractivity contribution in [2.24, 2.45) is 5.92 Å². The molecule has 1 aliphatic carbocycles. The number of aliphatic hydroxyl groups is 1. The highest BCUT2D eigenvalue weighted by Crippen LogP contribution is 2.36. The zero-order chi connectivity index (χ0) is 11.8. The average Bonchev–Trinajstić information content (AvgIpc) is 2.94. The van der Waals surface area contributed by atoms with Crippen LogP contribution in [-0.2, 0) is 0 Å². The third-order valence-corrected chi connectivity index (χ3v) is 3.66. The minimum atomic E-state index is 0.163. The molecule has 0 bridgehead atoms. The van der Waals surface area contributed by atoms with Crippen molar-refractivity contribution < 1.29 is 5.11 Å². The van der Waals surface area contributed by atoms with Crippen LogP contribution in [0, 0.1) is 5.92 Å². The predicted molar refractivity (Wildman–Crippen MR) is 61.6 cm³/mol. The van der Waals surface area contributed by atoms with E-state index in [9.17, 15) is 5.11 Å². The molecular formula is C10H12ClN5O. The van der Waals surface area contributed by atoms with E-state index < -0.39 is 0 Å². The molecule has 2 aromatic rings. The number of hydrogen-bond donors (Lipinski definition) is 1. The van der Waals surface area contributed by atoms with Gasteiger partial charge in [-0.15, -0.1) is 5.10 Å². The second-order valence-electron chi connectivity index (χ2n) is 4.31. The zero-order valence-corrected chi connectivity index (χ0v) is 9.88. The van der Waals surface area contributed by atoms with Gasteiger partial charge in [-0.25, -0.2) is 14.6 Å². The largest absolute Gasteiger partial charge is 0.396 e. The van der Waals surface area contributed by atoms with Crippen LogP contribution in [0.5, 0.6) is 0 Å². The Kier molecular flexibility index (Phi) is 2.68. The second kappa shape index (κ2) is 4.19. The third-order valence-electron chi connectivity index (χ3n) is 3.38. The number of hydrogen-bond acceptors (Lipinski definition) is 5. The summed E-state index contributed by atoms with van der Waals surface area (Å²) in [7, 11) is 0. The molecule has 2 heterocycles. The van der Waals surface area contributed by atoms with Crippen LogP contribution in [0.4, 0.5) is 0 Å². The number of nitrogens with zero attached hydrogens (tertiary/aromatic N) is 5. The van der Waals surface area contributed by atoms with Crippen molar-refractivity contribution in [1.82, 2.24) is 25.0 Å². The summed E-state index contributed by atoms with van der Waals surface area (Å²) in [6, 6.07) is 0.163. The summed E-state index contributed by atoms with van der Waals surface area (Å²) in [5.74, 6) is 0.230. The number of aliphatic hydroxyl groups excluding tert-OH is 1. The number of aromatic nitrogens is 5. The highest BCUT2D eigenvalue weighted by molar-refractivity contribution is 6.33. The van der Waals surface area contributed by atoms with E-state index >= 15 is 0 Å². The van der Waals surface area contributed by atoms with Crippen molar-refractivity contribution in [2.75, 3.05) is 6.61 Å². The van der Waals surface area contributed by atoms with Crippen LogP contribution in [0.15, 0.2) is 6.33 Å². The molecule has 17 heavy (non-hydrogen) atoms. The van der Waals surface area contributed by atoms with E-state index in [1.54, 1.807) is 4.68 Å². The van der Waals surface area contributed by atoms with Gasteiger partial charge in [-0.3, -0.25) is 0 Å². The third kappa shape index (κ3) is 1.68. The minimum absolute atomic E-state index is 0.163. The Morgan fingerprint density at radius 2 is 2.29 bits per heavy atom. The Balaban J connectivity index is 2.09. The summed E-state index contributed by atoms with van der Waals surface area (Å²) in [5.41, 5.74) is 1.17. The monoisotopic (exact) mass is 253 g/mol. The lowest BCUT2D eigenvalue weighted by Crippen LogP contribution is -2.18. The maximum Gasteiger partial charge on any atom is 0.183 e. The van der Waals surface area contributed by atoms with E-state index in [-0.39, 0.29) is 18.6 Å². The number of halogens is 1. The highest BCUT2D eigenvalue weighted by Gasteiger charge is 2.30. The van der Waals surface area contributed by atoms with Crippen LogP contribution in [0.2, 0.25) is 5.15 Å². The van der Waals surface area contributed by atoms with E-state index in [0.29, 0.717) is 16.3 Å². The Bertz CT molecular complexity index is 542. The van der Waals surface area contributed by atoms with Gasteiger partial charge in [0, 0.05) is 12.5 Å². The molecule has 1 fully saturated rings. The molecule has 1 saturated carbocycles. The molecule has 0 aromatic carbocycles. The summed E-state index contributed by atoms with van der Waals surface area (Å²) in [6.45, 7) is 0.171. The summed E-state index contributed by atoms with van der Waals surface area (Å²) in [5, 5.41) is 17.8. The van der Waals surface area contributed by atoms with Crippen LogP contribution in [0.1, 0.15) is 25.3 Å². The standard InChI is InChI=1S/C10H12ClN5O/c11-9-8-10(13-5-12-9)16(15-14-8)7-3-1-2-6(7)4-17/h5-7,17H,1-4H2/t6-,7-/m0/s1. The lowest BCUT2D eigenvalue weighted by atomic mass is 10.1. The van der Waals surface area contributed by atoms with Gasteiger partial charge < -0.3 is 5.11 Å². The fourth-order valence-electron chi connectivity index (χ4n) is 2.51. The number of fused-ring (bicyclic) bond motifs is 1. The first kappa shape index (κ1) is 10.9. The van der Waals surface area contributed by atoms with Crippen molar-refractivity contribution >= 4 is 22.8 Å². The fraction of sp³-hybridized carbons (Fsp3) is 0.600. The molecule has 2 aromatic heterocycles. The molecule has 1 aliphatic rings. The van der Waals surface area contributed by atoms with Gasteiger partial charge in [0.15, 0.2) is 16.3 Å². The van der Waals surface area contributed by atoms with Gasteiger partial charge in [-0.05, 0) is 12.8 Å². The second-order valence-corrected chi connectivity index (χ2v) is 4.67. The molecule has 90 valence electrons. The van der Waals surface area contributed by atoms with Gasteiger partial charge in [0.05, 0.1) is 6.04 Å². The van der Waals surface area contributed by atoms with Gasteiger partial charge >= 0.3 is 0 Å². The van der Waals surface area contributed by atoms with Gasteiger partial charge in [0.2, 0.25) is 0 Å². The van der Waals surface area contributed by atoms with E-state index in [4.69, 9.17) is 11.6 Å². The van der Waals surface area contributed by atoms with Crippen molar-refractivity contribution in [3.05, 3.63) is 11.5 Å². The van der Waals surface area contributed by atoms with Crippen LogP contribution < -0.4 is 0 Å². The van der Waals surface area contributed by atoms with Crippen molar-refractivity contribution in [1.29, 1.82) is 0 Å². The SMILES string of the molecule is OC[C@@H]1CCC[C@@H]1n1nnc2c(Cl)ncnc21. The Labute approximate surface area is 103 Å². The molecule has 3 rings (SSSR count). The van der Waals surface area contributed by atoms with Crippen LogP contribution in [-0.4, -0.2) is 36.7 Å². The minimum Gasteiger partial charge on any atom is -0.396 e. The summed E-state index contributed by atoms with van der Waals surface area (Å²) in [6.07, 6.45) is 4.51. The lowest BCUT2D eigenvalue weighted by molar-refractivity contribution is 0.191. The maximum atomic E-state index is 9.34. The maximum absolute atomic E-state index is 9.34. The van der Waals surface area contributed by atoms with Crippen LogP contribution in [0.3, 0.4) is 0 Å². The smallest absolute Gasteiger partial charge is 0.183 e. The fourth-order valence-corrected chi connectivity index (χ4v) is 2.68. The van der Waals surface area contributed by atoms with Crippen LogP contribution >= 0.6 is 11.6 Å².